The van der Waals surface area contributed by atoms with E-state index in [1.807, 2.05) is 4.72 Å². The van der Waals surface area contributed by atoms with Crippen LogP contribution in [0.2, 0.25) is 5.02 Å². The van der Waals surface area contributed by atoms with Gasteiger partial charge >= 0.3 is 0 Å². The van der Waals surface area contributed by atoms with Gasteiger partial charge in [-0.1, -0.05) is 17.7 Å². The second-order valence-electron chi connectivity index (χ2n) is 12.4. The Hall–Kier alpha value is -4.97. The van der Waals surface area contributed by atoms with Gasteiger partial charge in [0.15, 0.2) is 0 Å². The van der Waals surface area contributed by atoms with Gasteiger partial charge in [-0.25, -0.2) is 35.7 Å². The minimum Gasteiger partial charge on any atom is -0.346 e. The van der Waals surface area contributed by atoms with E-state index in [0.717, 1.165) is 18.4 Å². The Labute approximate surface area is 289 Å². The number of nitrogens with zero attached hydrogens (tertiary/aromatic N) is 4. The van der Waals surface area contributed by atoms with Crippen molar-refractivity contribution in [3.63, 3.8) is 0 Å². The quantitative estimate of drug-likeness (QED) is 0.155. The van der Waals surface area contributed by atoms with E-state index in [0.29, 0.717) is 16.3 Å². The number of H-pyrrole nitrogens is 1. The first kappa shape index (κ1) is 34.5. The standard InChI is InChI=1S/C32H24ClF6N7O4S/c1-51(49,50)45-31(48)19-7-14(2-3-21(19)33)17-10-22-24(11-40-43-22)42-27(17)23(6-13-4-15(34)8-16(35)5-13)41-25(47)12-46-29-26(28(44-46)30(36)37)18-9-20(18)32(29,38)39/h2-5,7-8,10-11,18,20,23,30H,6,9,12H2,1H3,(H,40,43)(H,41,47)(H,45,48)/t18-,20+,23-/m0/s1. The van der Waals surface area contributed by atoms with E-state index < -0.39 is 81.6 Å². The number of aromatic amines is 1. The molecule has 2 amide bonds. The number of pyridine rings is 1. The third-order valence-corrected chi connectivity index (χ3v) is 9.63. The third-order valence-electron chi connectivity index (χ3n) is 8.74. The molecule has 3 heterocycles. The molecule has 5 aromatic rings. The summed E-state index contributed by atoms with van der Waals surface area (Å²) >= 11 is 6.24. The smallest absolute Gasteiger partial charge is 0.293 e. The molecule has 0 radical (unpaired) electrons. The van der Waals surface area contributed by atoms with Crippen LogP contribution in [0.15, 0.2) is 48.7 Å². The highest BCUT2D eigenvalue weighted by atomic mass is 35.5. The van der Waals surface area contributed by atoms with E-state index in [4.69, 9.17) is 11.6 Å². The monoisotopic (exact) mass is 751 g/mol. The molecule has 3 N–H and O–H groups in total. The number of carbonyl (C=O) groups is 2. The number of benzene rings is 2. The largest absolute Gasteiger partial charge is 0.346 e. The second-order valence-corrected chi connectivity index (χ2v) is 14.6. The first-order valence-electron chi connectivity index (χ1n) is 15.2. The van der Waals surface area contributed by atoms with Crippen molar-refractivity contribution in [2.45, 2.75) is 43.7 Å². The normalized spacial score (nSPS) is 18.1. The van der Waals surface area contributed by atoms with Crippen molar-refractivity contribution in [1.29, 1.82) is 0 Å². The van der Waals surface area contributed by atoms with Crippen molar-refractivity contribution in [1.82, 2.24) is 35.0 Å². The molecule has 0 spiro atoms. The Kier molecular flexibility index (Phi) is 8.36. The number of alkyl halides is 4. The third kappa shape index (κ3) is 6.53. The molecule has 1 saturated carbocycles. The second kappa shape index (κ2) is 12.4. The zero-order chi connectivity index (χ0) is 36.6. The van der Waals surface area contributed by atoms with Crippen molar-refractivity contribution < 1.29 is 44.3 Å². The van der Waals surface area contributed by atoms with E-state index in [2.05, 4.69) is 25.6 Å². The summed E-state index contributed by atoms with van der Waals surface area (Å²) in [5.41, 5.74) is -0.889. The number of sulfonamides is 1. The van der Waals surface area contributed by atoms with Gasteiger partial charge in [-0.2, -0.15) is 19.0 Å². The zero-order valence-corrected chi connectivity index (χ0v) is 27.6. The highest BCUT2D eigenvalue weighted by Gasteiger charge is 2.67. The number of carbonyl (C=O) groups excluding carboxylic acids is 2. The highest BCUT2D eigenvalue weighted by molar-refractivity contribution is 7.89. The molecule has 2 aliphatic carbocycles. The molecule has 1 fully saturated rings. The number of hydrogen-bond acceptors (Lipinski definition) is 7. The molecule has 19 heteroatoms. The van der Waals surface area contributed by atoms with E-state index in [-0.39, 0.29) is 56.9 Å². The summed E-state index contributed by atoms with van der Waals surface area (Å²) in [4.78, 5) is 31.1. The number of aromatic nitrogens is 5. The fourth-order valence-electron chi connectivity index (χ4n) is 6.61. The summed E-state index contributed by atoms with van der Waals surface area (Å²) < 4.78 is 113. The molecule has 3 aromatic heterocycles. The van der Waals surface area contributed by atoms with Gasteiger partial charge in [0.1, 0.15) is 35.1 Å². The molecular weight excluding hydrogens is 728 g/mol. The SMILES string of the molecule is CS(=O)(=O)NC(=O)c1cc(-c2cc3[nH]ncc3nc2[C@H](Cc2cc(F)cc(F)c2)NC(=O)Cn2nc(C(F)F)c3c2C(F)(F)[C@@H]2C[C@H]32)ccc1Cl. The Morgan fingerprint density at radius 3 is 2.51 bits per heavy atom. The molecule has 3 atom stereocenters. The van der Waals surface area contributed by atoms with Crippen LogP contribution in [0.4, 0.5) is 26.3 Å². The topological polar surface area (TPSA) is 152 Å². The molecule has 266 valence electrons. The number of amides is 2. The van der Waals surface area contributed by atoms with Crippen LogP contribution in [-0.2, 0) is 33.7 Å². The average Bonchev–Trinajstić information content (AvgIpc) is 3.44. The van der Waals surface area contributed by atoms with E-state index in [9.17, 15) is 35.6 Å². The molecular formula is C32H24ClF6N7O4S. The minimum atomic E-state index is -3.99. The fourth-order valence-corrected chi connectivity index (χ4v) is 7.26. The summed E-state index contributed by atoms with van der Waals surface area (Å²) in [5, 5.41) is 12.9. The van der Waals surface area contributed by atoms with Gasteiger partial charge in [-0.3, -0.25) is 19.4 Å². The van der Waals surface area contributed by atoms with Crippen molar-refractivity contribution in [2.75, 3.05) is 6.26 Å². The molecule has 7 rings (SSSR count). The predicted octanol–water partition coefficient (Wildman–Crippen LogP) is 5.69. The van der Waals surface area contributed by atoms with Crippen molar-refractivity contribution >= 4 is 44.5 Å². The number of hydrogen-bond donors (Lipinski definition) is 3. The lowest BCUT2D eigenvalue weighted by Crippen LogP contribution is -2.35. The Bertz CT molecular complexity index is 2350. The summed E-state index contributed by atoms with van der Waals surface area (Å²) in [6.07, 6.45) is -1.33. The van der Waals surface area contributed by atoms with Crippen molar-refractivity contribution in [2.24, 2.45) is 5.92 Å². The van der Waals surface area contributed by atoms with Gasteiger partial charge in [0.2, 0.25) is 15.9 Å². The van der Waals surface area contributed by atoms with E-state index >= 15 is 8.78 Å². The first-order chi connectivity index (χ1) is 24.0. The van der Waals surface area contributed by atoms with E-state index in [1.165, 1.54) is 24.4 Å². The fraction of sp³-hybridized carbons (Fsp3) is 0.281. The lowest BCUT2D eigenvalue weighted by molar-refractivity contribution is -0.123. The van der Waals surface area contributed by atoms with Gasteiger partial charge in [-0.05, 0) is 60.2 Å². The molecule has 0 bridgehead atoms. The summed E-state index contributed by atoms with van der Waals surface area (Å²) in [6, 6.07) is 6.97. The zero-order valence-electron chi connectivity index (χ0n) is 26.0. The Morgan fingerprint density at radius 2 is 1.82 bits per heavy atom. The van der Waals surface area contributed by atoms with E-state index in [1.54, 1.807) is 6.07 Å². The summed E-state index contributed by atoms with van der Waals surface area (Å²) in [7, 11) is -3.99. The lowest BCUT2D eigenvalue weighted by Gasteiger charge is -2.23. The van der Waals surface area contributed by atoms with Gasteiger partial charge in [0.05, 0.1) is 40.3 Å². The molecule has 0 unspecified atom stereocenters. The highest BCUT2D eigenvalue weighted by Crippen LogP contribution is 2.68. The molecule has 2 aromatic carbocycles. The van der Waals surface area contributed by atoms with Crippen LogP contribution < -0.4 is 10.0 Å². The number of fused-ring (bicyclic) bond motifs is 4. The first-order valence-corrected chi connectivity index (χ1v) is 17.4. The summed E-state index contributed by atoms with van der Waals surface area (Å²) in [5.74, 6) is -9.32. The van der Waals surface area contributed by atoms with Crippen LogP contribution in [0.25, 0.3) is 22.2 Å². The van der Waals surface area contributed by atoms with Crippen LogP contribution in [0.3, 0.4) is 0 Å². The van der Waals surface area contributed by atoms with Crippen LogP contribution in [-0.4, -0.2) is 51.4 Å². The minimum absolute atomic E-state index is 0.0249. The number of nitrogens with one attached hydrogen (secondary N) is 3. The maximum absolute atomic E-state index is 15.2. The summed E-state index contributed by atoms with van der Waals surface area (Å²) in [6.45, 7) is -0.905. The average molecular weight is 752 g/mol. The van der Waals surface area contributed by atoms with Gasteiger partial charge in [-0.15, -0.1) is 0 Å². The van der Waals surface area contributed by atoms with Gasteiger partial charge < -0.3 is 5.32 Å². The maximum atomic E-state index is 15.2. The Morgan fingerprint density at radius 1 is 1.10 bits per heavy atom. The maximum Gasteiger partial charge on any atom is 0.293 e. The van der Waals surface area contributed by atoms with Crippen LogP contribution in [0, 0.1) is 17.6 Å². The number of halogens is 7. The van der Waals surface area contributed by atoms with Crippen LogP contribution in [0.5, 0.6) is 0 Å². The van der Waals surface area contributed by atoms with Gasteiger partial charge in [0, 0.05) is 23.1 Å². The molecule has 2 aliphatic rings. The Balaban J connectivity index is 1.31. The van der Waals surface area contributed by atoms with Crippen molar-refractivity contribution in [3.8, 4) is 11.1 Å². The molecule has 11 nitrogen and oxygen atoms in total. The van der Waals surface area contributed by atoms with Gasteiger partial charge in [0.25, 0.3) is 18.3 Å². The predicted molar refractivity (Wildman–Crippen MR) is 170 cm³/mol. The van der Waals surface area contributed by atoms with Crippen LogP contribution >= 0.6 is 11.6 Å². The van der Waals surface area contributed by atoms with Crippen LogP contribution in [0.1, 0.15) is 63.4 Å². The molecule has 51 heavy (non-hydrogen) atoms. The molecule has 0 aliphatic heterocycles. The van der Waals surface area contributed by atoms with Crippen molar-refractivity contribution in [3.05, 3.63) is 99.1 Å². The molecule has 0 saturated heterocycles. The lowest BCUT2D eigenvalue weighted by atomic mass is 9.94. The number of rotatable bonds is 10.